The lowest BCUT2D eigenvalue weighted by Crippen LogP contribution is -2.26. The number of hydrogen-bond acceptors (Lipinski definition) is 3. The molecule has 0 unspecified atom stereocenters. The van der Waals surface area contributed by atoms with Crippen molar-refractivity contribution in [3.8, 4) is 5.88 Å². The lowest BCUT2D eigenvalue weighted by Gasteiger charge is -2.11. The van der Waals surface area contributed by atoms with E-state index in [4.69, 9.17) is 39.5 Å². The molecule has 88 valence electrons. The van der Waals surface area contributed by atoms with Crippen molar-refractivity contribution in [2.75, 3.05) is 11.9 Å². The average molecular weight is 284 g/mol. The number of aromatic nitrogens is 1. The molecule has 0 aliphatic heterocycles. The third kappa shape index (κ3) is 4.04. The maximum Gasteiger partial charge on any atom is 0.276 e. The minimum atomic E-state index is -1.99. The van der Waals surface area contributed by atoms with Crippen molar-refractivity contribution in [2.24, 2.45) is 0 Å². The minimum Gasteiger partial charge on any atom is -0.478 e. The Morgan fingerprint density at radius 3 is 2.62 bits per heavy atom. The van der Waals surface area contributed by atoms with Gasteiger partial charge >= 0.3 is 0 Å². The Hall–Kier alpha value is -0.710. The zero-order chi connectivity index (χ0) is 12.2. The molecular formula is C9H9Cl3N2O2. The van der Waals surface area contributed by atoms with Crippen molar-refractivity contribution >= 4 is 46.4 Å². The van der Waals surface area contributed by atoms with Crippen LogP contribution in [0.3, 0.4) is 0 Å². The third-order valence-corrected chi connectivity index (χ3v) is 2.06. The fourth-order valence-corrected chi connectivity index (χ4v) is 1.03. The lowest BCUT2D eigenvalue weighted by molar-refractivity contribution is -0.115. The fourth-order valence-electron chi connectivity index (χ4n) is 0.889. The van der Waals surface area contributed by atoms with Gasteiger partial charge in [0.1, 0.15) is 0 Å². The Bertz CT molecular complexity index is 362. The molecular weight excluding hydrogens is 274 g/mol. The lowest BCUT2D eigenvalue weighted by atomic mass is 10.4. The first kappa shape index (κ1) is 13.4. The second kappa shape index (κ2) is 5.57. The predicted molar refractivity (Wildman–Crippen MR) is 64.3 cm³/mol. The van der Waals surface area contributed by atoms with Crippen LogP contribution in [-0.4, -0.2) is 21.3 Å². The molecule has 0 radical (unpaired) electrons. The van der Waals surface area contributed by atoms with Crippen LogP contribution in [0.1, 0.15) is 6.92 Å². The number of halogens is 3. The van der Waals surface area contributed by atoms with Gasteiger partial charge in [0.2, 0.25) is 5.88 Å². The molecule has 0 bridgehead atoms. The summed E-state index contributed by atoms with van der Waals surface area (Å²) in [6, 6.07) is 3.21. The maximum atomic E-state index is 11.3. The smallest absolute Gasteiger partial charge is 0.276 e. The predicted octanol–water partition coefficient (Wildman–Crippen LogP) is 2.79. The molecule has 7 heteroatoms. The number of rotatable bonds is 3. The molecule has 1 heterocycles. The summed E-state index contributed by atoms with van der Waals surface area (Å²) in [5.41, 5.74) is 0.430. The van der Waals surface area contributed by atoms with Gasteiger partial charge in [-0.3, -0.25) is 4.79 Å². The van der Waals surface area contributed by atoms with E-state index in [1.165, 1.54) is 6.20 Å². The van der Waals surface area contributed by atoms with Crippen LogP contribution in [0.15, 0.2) is 18.3 Å². The zero-order valence-corrected chi connectivity index (χ0v) is 10.6. The number of nitrogens with zero attached hydrogens (tertiary/aromatic N) is 1. The number of hydrogen-bond donors (Lipinski definition) is 1. The number of carbonyl (C=O) groups is 1. The summed E-state index contributed by atoms with van der Waals surface area (Å²) in [6.45, 7) is 2.37. The van der Waals surface area contributed by atoms with Gasteiger partial charge in [0, 0.05) is 6.07 Å². The van der Waals surface area contributed by atoms with E-state index in [1.54, 1.807) is 12.1 Å². The Morgan fingerprint density at radius 2 is 2.19 bits per heavy atom. The van der Waals surface area contributed by atoms with Crippen LogP contribution in [0, 0.1) is 0 Å². The molecule has 0 aliphatic carbocycles. The molecule has 0 aromatic carbocycles. The van der Waals surface area contributed by atoms with Gasteiger partial charge < -0.3 is 10.1 Å². The van der Waals surface area contributed by atoms with Crippen molar-refractivity contribution in [3.63, 3.8) is 0 Å². The molecule has 0 saturated heterocycles. The largest absolute Gasteiger partial charge is 0.478 e. The Morgan fingerprint density at radius 1 is 1.50 bits per heavy atom. The van der Waals surface area contributed by atoms with Crippen molar-refractivity contribution in [1.82, 2.24) is 4.98 Å². The van der Waals surface area contributed by atoms with E-state index in [2.05, 4.69) is 10.3 Å². The van der Waals surface area contributed by atoms with E-state index in [0.717, 1.165) is 0 Å². The highest BCUT2D eigenvalue weighted by Crippen LogP contribution is 2.27. The molecule has 1 aromatic heterocycles. The number of alkyl halides is 3. The number of ether oxygens (including phenoxy) is 1. The Labute approximate surface area is 108 Å². The molecule has 1 N–H and O–H groups in total. The molecule has 0 atom stereocenters. The van der Waals surface area contributed by atoms with Gasteiger partial charge in [0.05, 0.1) is 18.5 Å². The average Bonchev–Trinajstić information content (AvgIpc) is 2.20. The Balaban J connectivity index is 2.65. The SMILES string of the molecule is CCOc1ccc(NC(=O)C(Cl)(Cl)Cl)cn1. The van der Waals surface area contributed by atoms with Gasteiger partial charge in [0.15, 0.2) is 0 Å². The minimum absolute atomic E-state index is 0.430. The van der Waals surface area contributed by atoms with Crippen LogP contribution in [0.25, 0.3) is 0 Å². The Kier molecular flexibility index (Phi) is 4.65. The van der Waals surface area contributed by atoms with E-state index >= 15 is 0 Å². The van der Waals surface area contributed by atoms with Crippen LogP contribution >= 0.6 is 34.8 Å². The quantitative estimate of drug-likeness (QED) is 0.868. The number of anilines is 1. The fraction of sp³-hybridized carbons (Fsp3) is 0.333. The molecule has 1 amide bonds. The molecule has 1 rings (SSSR count). The van der Waals surface area contributed by atoms with Crippen molar-refractivity contribution in [3.05, 3.63) is 18.3 Å². The summed E-state index contributed by atoms with van der Waals surface area (Å²) < 4.78 is 3.14. The normalized spacial score (nSPS) is 11.0. The van der Waals surface area contributed by atoms with Gasteiger partial charge in [-0.25, -0.2) is 4.98 Å². The van der Waals surface area contributed by atoms with Crippen LogP contribution < -0.4 is 10.1 Å². The van der Waals surface area contributed by atoms with E-state index in [1.807, 2.05) is 6.92 Å². The highest BCUT2D eigenvalue weighted by molar-refractivity contribution is 6.76. The first-order chi connectivity index (χ1) is 7.43. The second-order valence-electron chi connectivity index (χ2n) is 2.77. The van der Waals surface area contributed by atoms with E-state index in [0.29, 0.717) is 18.2 Å². The summed E-state index contributed by atoms with van der Waals surface area (Å²) in [7, 11) is 0. The zero-order valence-electron chi connectivity index (χ0n) is 8.34. The van der Waals surface area contributed by atoms with Crippen LogP contribution in [0.4, 0.5) is 5.69 Å². The topological polar surface area (TPSA) is 51.2 Å². The van der Waals surface area contributed by atoms with Crippen molar-refractivity contribution < 1.29 is 9.53 Å². The highest BCUT2D eigenvalue weighted by Gasteiger charge is 2.30. The van der Waals surface area contributed by atoms with Gasteiger partial charge in [-0.2, -0.15) is 0 Å². The van der Waals surface area contributed by atoms with Gasteiger partial charge in [-0.05, 0) is 13.0 Å². The van der Waals surface area contributed by atoms with Gasteiger partial charge in [-0.15, -0.1) is 0 Å². The third-order valence-electron chi connectivity index (χ3n) is 1.54. The van der Waals surface area contributed by atoms with E-state index in [-0.39, 0.29) is 0 Å². The first-order valence-electron chi connectivity index (χ1n) is 4.40. The number of carbonyl (C=O) groups excluding carboxylic acids is 1. The highest BCUT2D eigenvalue weighted by atomic mass is 35.6. The first-order valence-corrected chi connectivity index (χ1v) is 5.54. The standard InChI is InChI=1S/C9H9Cl3N2O2/c1-2-16-7-4-3-6(5-13-7)14-8(15)9(10,11)12/h3-5H,2H2,1H3,(H,14,15). The van der Waals surface area contributed by atoms with Crippen LogP contribution in [-0.2, 0) is 4.79 Å². The molecule has 16 heavy (non-hydrogen) atoms. The molecule has 0 aliphatic rings. The van der Waals surface area contributed by atoms with E-state index < -0.39 is 9.70 Å². The summed E-state index contributed by atoms with van der Waals surface area (Å²) in [5.74, 6) is -0.266. The molecule has 0 fully saturated rings. The summed E-state index contributed by atoms with van der Waals surface area (Å²) in [6.07, 6.45) is 1.42. The van der Waals surface area contributed by atoms with Gasteiger partial charge in [-0.1, -0.05) is 34.8 Å². The number of pyridine rings is 1. The summed E-state index contributed by atoms with van der Waals surface area (Å²) >= 11 is 16.2. The molecule has 0 spiro atoms. The summed E-state index contributed by atoms with van der Waals surface area (Å²) in [5, 5.41) is 2.40. The van der Waals surface area contributed by atoms with Crippen LogP contribution in [0.5, 0.6) is 5.88 Å². The monoisotopic (exact) mass is 282 g/mol. The molecule has 0 saturated carbocycles. The van der Waals surface area contributed by atoms with E-state index in [9.17, 15) is 4.79 Å². The van der Waals surface area contributed by atoms with Gasteiger partial charge in [0.25, 0.3) is 9.70 Å². The van der Waals surface area contributed by atoms with Crippen molar-refractivity contribution in [2.45, 2.75) is 10.7 Å². The summed E-state index contributed by atoms with van der Waals surface area (Å²) in [4.78, 5) is 15.2. The van der Waals surface area contributed by atoms with Crippen molar-refractivity contribution in [1.29, 1.82) is 0 Å². The molecule has 1 aromatic rings. The number of nitrogens with one attached hydrogen (secondary N) is 1. The maximum absolute atomic E-state index is 11.3. The number of amides is 1. The van der Waals surface area contributed by atoms with Crippen LogP contribution in [0.2, 0.25) is 0 Å². The second-order valence-corrected chi connectivity index (χ2v) is 5.05. The molecule has 4 nitrogen and oxygen atoms in total.